The molecule has 3 nitrogen and oxygen atoms in total. The number of alkyl halides is 2. The molecule has 1 aromatic heterocycles. The third-order valence-electron chi connectivity index (χ3n) is 3.07. The van der Waals surface area contributed by atoms with E-state index in [4.69, 9.17) is 0 Å². The van der Waals surface area contributed by atoms with Crippen molar-refractivity contribution in [3.8, 4) is 0 Å². The van der Waals surface area contributed by atoms with E-state index in [9.17, 15) is 0 Å². The van der Waals surface area contributed by atoms with Crippen molar-refractivity contribution in [1.82, 2.24) is 14.8 Å². The standard InChI is InChI=1S/C10H17Br2N3/c1-8(2)10(5-11,6-12)4-9-13-7-14-15(9)3/h7-8H,4-6H2,1-3H3. The summed E-state index contributed by atoms with van der Waals surface area (Å²) in [5.74, 6) is 1.63. The lowest BCUT2D eigenvalue weighted by Crippen LogP contribution is -2.34. The van der Waals surface area contributed by atoms with Crippen LogP contribution in [-0.4, -0.2) is 25.4 Å². The average Bonchev–Trinajstić information content (AvgIpc) is 2.60. The van der Waals surface area contributed by atoms with Crippen molar-refractivity contribution in [2.75, 3.05) is 10.7 Å². The quantitative estimate of drug-likeness (QED) is 0.773. The highest BCUT2D eigenvalue weighted by Crippen LogP contribution is 2.35. The first-order chi connectivity index (χ1) is 7.05. The minimum Gasteiger partial charge on any atom is -0.253 e. The molecule has 0 spiro atoms. The van der Waals surface area contributed by atoms with Crippen molar-refractivity contribution >= 4 is 31.9 Å². The highest BCUT2D eigenvalue weighted by Gasteiger charge is 2.33. The van der Waals surface area contributed by atoms with E-state index in [1.54, 1.807) is 6.33 Å². The second kappa shape index (κ2) is 5.43. The molecule has 86 valence electrons. The maximum atomic E-state index is 4.29. The van der Waals surface area contributed by atoms with Gasteiger partial charge in [-0.2, -0.15) is 5.10 Å². The molecule has 0 radical (unpaired) electrons. The first kappa shape index (κ1) is 13.2. The fourth-order valence-electron chi connectivity index (χ4n) is 1.44. The summed E-state index contributed by atoms with van der Waals surface area (Å²) in [6, 6.07) is 0. The monoisotopic (exact) mass is 337 g/mol. The lowest BCUT2D eigenvalue weighted by Gasteiger charge is -2.33. The van der Waals surface area contributed by atoms with Crippen LogP contribution in [0.2, 0.25) is 0 Å². The third-order valence-corrected chi connectivity index (χ3v) is 5.31. The molecule has 0 fully saturated rings. The molecule has 0 saturated carbocycles. The predicted octanol–water partition coefficient (Wildman–Crippen LogP) is 2.79. The van der Waals surface area contributed by atoms with Gasteiger partial charge < -0.3 is 0 Å². The lowest BCUT2D eigenvalue weighted by atomic mass is 9.78. The third kappa shape index (κ3) is 2.81. The molecule has 1 rings (SSSR count). The summed E-state index contributed by atoms with van der Waals surface area (Å²) >= 11 is 7.23. The molecule has 0 bridgehead atoms. The van der Waals surface area contributed by atoms with Gasteiger partial charge in [-0.05, 0) is 11.3 Å². The lowest BCUT2D eigenvalue weighted by molar-refractivity contribution is 0.259. The van der Waals surface area contributed by atoms with Gasteiger partial charge in [0.05, 0.1) is 0 Å². The number of nitrogens with zero attached hydrogens (tertiary/aromatic N) is 3. The largest absolute Gasteiger partial charge is 0.253 e. The van der Waals surface area contributed by atoms with Crippen LogP contribution in [0.4, 0.5) is 0 Å². The van der Waals surface area contributed by atoms with E-state index in [-0.39, 0.29) is 5.41 Å². The van der Waals surface area contributed by atoms with Crippen molar-refractivity contribution in [1.29, 1.82) is 0 Å². The Balaban J connectivity index is 2.88. The first-order valence-corrected chi connectivity index (χ1v) is 7.25. The fourth-order valence-corrected chi connectivity index (χ4v) is 4.06. The summed E-state index contributed by atoms with van der Waals surface area (Å²) in [6.45, 7) is 4.50. The number of hydrogen-bond donors (Lipinski definition) is 0. The molecule has 0 aliphatic carbocycles. The van der Waals surface area contributed by atoms with Crippen LogP contribution >= 0.6 is 31.9 Å². The van der Waals surface area contributed by atoms with Crippen LogP contribution in [0.5, 0.6) is 0 Å². The molecule has 0 unspecified atom stereocenters. The Labute approximate surface area is 108 Å². The van der Waals surface area contributed by atoms with Gasteiger partial charge in [0.25, 0.3) is 0 Å². The van der Waals surface area contributed by atoms with Gasteiger partial charge in [0.2, 0.25) is 0 Å². The summed E-state index contributed by atoms with van der Waals surface area (Å²) in [7, 11) is 1.94. The zero-order valence-electron chi connectivity index (χ0n) is 9.37. The zero-order chi connectivity index (χ0) is 11.5. The molecule has 0 saturated heterocycles. The van der Waals surface area contributed by atoms with E-state index in [2.05, 4.69) is 55.8 Å². The summed E-state index contributed by atoms with van der Waals surface area (Å²) in [4.78, 5) is 4.29. The first-order valence-electron chi connectivity index (χ1n) is 5.00. The van der Waals surface area contributed by atoms with Crippen LogP contribution in [0, 0.1) is 11.3 Å². The number of halogens is 2. The average molecular weight is 339 g/mol. The van der Waals surface area contributed by atoms with Crippen LogP contribution in [-0.2, 0) is 13.5 Å². The van der Waals surface area contributed by atoms with Gasteiger partial charge in [0.15, 0.2) is 0 Å². The maximum Gasteiger partial charge on any atom is 0.138 e. The van der Waals surface area contributed by atoms with Gasteiger partial charge >= 0.3 is 0 Å². The Morgan fingerprint density at radius 1 is 1.40 bits per heavy atom. The molecule has 1 heterocycles. The minimum atomic E-state index is 0.209. The molecule has 0 amide bonds. The molecular formula is C10H17Br2N3. The molecule has 0 aromatic carbocycles. The van der Waals surface area contributed by atoms with Crippen molar-refractivity contribution in [2.24, 2.45) is 18.4 Å². The predicted molar refractivity (Wildman–Crippen MR) is 69.6 cm³/mol. The van der Waals surface area contributed by atoms with Crippen molar-refractivity contribution in [2.45, 2.75) is 20.3 Å². The highest BCUT2D eigenvalue weighted by atomic mass is 79.9. The molecule has 1 aromatic rings. The van der Waals surface area contributed by atoms with Gasteiger partial charge in [0.1, 0.15) is 12.2 Å². The Bertz CT molecular complexity index is 305. The summed E-state index contributed by atoms with van der Waals surface area (Å²) < 4.78 is 1.85. The molecular weight excluding hydrogens is 322 g/mol. The second-order valence-corrected chi connectivity index (χ2v) is 5.38. The Morgan fingerprint density at radius 3 is 2.33 bits per heavy atom. The van der Waals surface area contributed by atoms with E-state index >= 15 is 0 Å². The topological polar surface area (TPSA) is 30.7 Å². The SMILES string of the molecule is CC(C)C(CBr)(CBr)Cc1ncnn1C. The molecule has 5 heteroatoms. The number of aromatic nitrogens is 3. The Kier molecular flexibility index (Phi) is 4.77. The highest BCUT2D eigenvalue weighted by molar-refractivity contribution is 9.09. The molecule has 0 aliphatic rings. The molecule has 0 N–H and O–H groups in total. The van der Waals surface area contributed by atoms with Crippen LogP contribution in [0.15, 0.2) is 6.33 Å². The summed E-state index contributed by atoms with van der Waals surface area (Å²) in [5.41, 5.74) is 0.209. The van der Waals surface area contributed by atoms with Gasteiger partial charge in [0, 0.05) is 24.1 Å². The van der Waals surface area contributed by atoms with Crippen molar-refractivity contribution in [3.63, 3.8) is 0 Å². The van der Waals surface area contributed by atoms with E-state index < -0.39 is 0 Å². The van der Waals surface area contributed by atoms with E-state index in [0.717, 1.165) is 22.9 Å². The normalized spacial score (nSPS) is 12.4. The van der Waals surface area contributed by atoms with Crippen molar-refractivity contribution in [3.05, 3.63) is 12.2 Å². The van der Waals surface area contributed by atoms with E-state index in [1.807, 2.05) is 11.7 Å². The van der Waals surface area contributed by atoms with Crippen LogP contribution in [0.25, 0.3) is 0 Å². The zero-order valence-corrected chi connectivity index (χ0v) is 12.5. The Morgan fingerprint density at radius 2 is 2.00 bits per heavy atom. The van der Waals surface area contributed by atoms with E-state index in [1.165, 1.54) is 0 Å². The Hall–Kier alpha value is 0.1000. The van der Waals surface area contributed by atoms with Gasteiger partial charge in [-0.3, -0.25) is 4.68 Å². The second-order valence-electron chi connectivity index (χ2n) is 4.26. The van der Waals surface area contributed by atoms with Crippen LogP contribution in [0.1, 0.15) is 19.7 Å². The number of rotatable bonds is 5. The molecule has 0 aliphatic heterocycles. The number of hydrogen-bond acceptors (Lipinski definition) is 2. The fraction of sp³-hybridized carbons (Fsp3) is 0.800. The number of aryl methyl sites for hydroxylation is 1. The van der Waals surface area contributed by atoms with Gasteiger partial charge in [-0.25, -0.2) is 4.98 Å². The minimum absolute atomic E-state index is 0.209. The van der Waals surface area contributed by atoms with E-state index in [0.29, 0.717) is 5.92 Å². The van der Waals surface area contributed by atoms with Crippen LogP contribution in [0.3, 0.4) is 0 Å². The summed E-state index contributed by atoms with van der Waals surface area (Å²) in [6.07, 6.45) is 2.56. The van der Waals surface area contributed by atoms with Crippen LogP contribution < -0.4 is 0 Å². The summed E-state index contributed by atoms with van der Waals surface area (Å²) in [5, 5.41) is 6.04. The molecule has 0 atom stereocenters. The maximum absolute atomic E-state index is 4.29. The van der Waals surface area contributed by atoms with Gasteiger partial charge in [-0.15, -0.1) is 0 Å². The smallest absolute Gasteiger partial charge is 0.138 e. The van der Waals surface area contributed by atoms with Gasteiger partial charge in [-0.1, -0.05) is 45.7 Å². The molecule has 15 heavy (non-hydrogen) atoms. The van der Waals surface area contributed by atoms with Crippen molar-refractivity contribution < 1.29 is 0 Å².